The number of fused-ring (bicyclic) bond motifs is 3. The standard InChI is InChI=1S/C30H18F6O6.C2H6/c31-29(32,33)19-11-7-17(8-12-19)27(37)41-23-5-1-3-21-25(23)26-22(40-16-15-39-21)4-2-6-24(26)42-28(38)18-9-13-20(14-10-18)30(34,35)36;1-2/h1-14H,15-16H2;1-2H3. The normalized spacial score (nSPS) is 12.5. The van der Waals surface area contributed by atoms with Gasteiger partial charge in [-0.2, -0.15) is 26.3 Å². The van der Waals surface area contributed by atoms with Crippen molar-refractivity contribution in [3.05, 3.63) is 107 Å². The molecule has 5 rings (SSSR count). The molecule has 0 unspecified atom stereocenters. The summed E-state index contributed by atoms with van der Waals surface area (Å²) >= 11 is 0. The first-order valence-electron chi connectivity index (χ1n) is 13.2. The fraction of sp³-hybridized carbons (Fsp3) is 0.188. The lowest BCUT2D eigenvalue weighted by atomic mass is 10.0. The summed E-state index contributed by atoms with van der Waals surface area (Å²) in [5, 5.41) is 0. The van der Waals surface area contributed by atoms with Gasteiger partial charge in [-0.1, -0.05) is 26.0 Å². The maximum absolute atomic E-state index is 12.9. The number of rotatable bonds is 4. The molecule has 0 bridgehead atoms. The number of benzene rings is 4. The van der Waals surface area contributed by atoms with Crippen molar-refractivity contribution in [2.45, 2.75) is 26.2 Å². The Hall–Kier alpha value is -5.00. The van der Waals surface area contributed by atoms with Crippen LogP contribution in [0.4, 0.5) is 26.3 Å². The van der Waals surface area contributed by atoms with Gasteiger partial charge in [-0.15, -0.1) is 0 Å². The summed E-state index contributed by atoms with van der Waals surface area (Å²) in [5.74, 6) is -1.67. The van der Waals surface area contributed by atoms with E-state index in [1.54, 1.807) is 12.1 Å². The topological polar surface area (TPSA) is 71.1 Å². The summed E-state index contributed by atoms with van der Waals surface area (Å²) in [6, 6.07) is 15.9. The molecule has 0 amide bonds. The lowest BCUT2D eigenvalue weighted by Gasteiger charge is -2.23. The van der Waals surface area contributed by atoms with Crippen molar-refractivity contribution in [1.82, 2.24) is 0 Å². The van der Waals surface area contributed by atoms with Crippen molar-refractivity contribution in [1.29, 1.82) is 0 Å². The molecular weight excluding hydrogens is 594 g/mol. The Morgan fingerprint density at radius 1 is 0.568 bits per heavy atom. The van der Waals surface area contributed by atoms with E-state index < -0.39 is 35.4 Å². The Balaban J connectivity index is 0.00000216. The van der Waals surface area contributed by atoms with E-state index in [1.165, 1.54) is 24.3 Å². The smallest absolute Gasteiger partial charge is 0.416 e. The second-order valence-corrected chi connectivity index (χ2v) is 8.88. The average Bonchev–Trinajstić information content (AvgIpc) is 2.99. The lowest BCUT2D eigenvalue weighted by Crippen LogP contribution is -2.16. The zero-order chi connectivity index (χ0) is 32.1. The second kappa shape index (κ2) is 13.1. The molecule has 0 aromatic heterocycles. The fourth-order valence-corrected chi connectivity index (χ4v) is 4.14. The molecule has 1 aliphatic heterocycles. The molecule has 0 saturated carbocycles. The molecule has 0 radical (unpaired) electrons. The number of carbonyl (C=O) groups excluding carboxylic acids is 2. The molecule has 6 nitrogen and oxygen atoms in total. The molecule has 1 heterocycles. The molecule has 44 heavy (non-hydrogen) atoms. The Bertz CT molecular complexity index is 1500. The highest BCUT2D eigenvalue weighted by Gasteiger charge is 2.32. The Labute approximate surface area is 247 Å². The van der Waals surface area contributed by atoms with Gasteiger partial charge in [0.2, 0.25) is 0 Å². The quantitative estimate of drug-likeness (QED) is 0.130. The molecule has 0 aliphatic carbocycles. The van der Waals surface area contributed by atoms with Crippen molar-refractivity contribution in [2.75, 3.05) is 13.2 Å². The van der Waals surface area contributed by atoms with Crippen LogP contribution < -0.4 is 18.9 Å². The minimum Gasteiger partial charge on any atom is -0.489 e. The van der Waals surface area contributed by atoms with E-state index >= 15 is 0 Å². The van der Waals surface area contributed by atoms with Crippen LogP contribution in [0.5, 0.6) is 23.0 Å². The number of esters is 2. The second-order valence-electron chi connectivity index (χ2n) is 8.88. The van der Waals surface area contributed by atoms with Crippen molar-refractivity contribution in [3.8, 4) is 34.1 Å². The van der Waals surface area contributed by atoms with E-state index in [4.69, 9.17) is 18.9 Å². The largest absolute Gasteiger partial charge is 0.489 e. The van der Waals surface area contributed by atoms with Crippen molar-refractivity contribution >= 4 is 11.9 Å². The Morgan fingerprint density at radius 2 is 0.909 bits per heavy atom. The van der Waals surface area contributed by atoms with E-state index in [2.05, 4.69) is 0 Å². The Morgan fingerprint density at radius 3 is 1.23 bits per heavy atom. The summed E-state index contributed by atoms with van der Waals surface area (Å²) in [4.78, 5) is 25.9. The van der Waals surface area contributed by atoms with Crippen LogP contribution >= 0.6 is 0 Å². The van der Waals surface area contributed by atoms with Crippen molar-refractivity contribution < 1.29 is 54.9 Å². The number of halogens is 6. The predicted octanol–water partition coefficient (Wildman–Crippen LogP) is 8.63. The molecule has 0 atom stereocenters. The van der Waals surface area contributed by atoms with Crippen LogP contribution in [-0.2, 0) is 12.4 Å². The average molecular weight is 619 g/mol. The van der Waals surface area contributed by atoms with Crippen molar-refractivity contribution in [3.63, 3.8) is 0 Å². The number of alkyl halides is 6. The van der Waals surface area contributed by atoms with Crippen LogP contribution in [0.15, 0.2) is 84.9 Å². The van der Waals surface area contributed by atoms with Gasteiger partial charge in [0.1, 0.15) is 36.2 Å². The number of hydrogen-bond acceptors (Lipinski definition) is 6. The van der Waals surface area contributed by atoms with Gasteiger partial charge in [0.15, 0.2) is 0 Å². The van der Waals surface area contributed by atoms with E-state index in [9.17, 15) is 35.9 Å². The van der Waals surface area contributed by atoms with Gasteiger partial charge in [0.05, 0.1) is 33.4 Å². The van der Waals surface area contributed by atoms with E-state index in [0.29, 0.717) is 0 Å². The summed E-state index contributed by atoms with van der Waals surface area (Å²) in [5.41, 5.74) is -1.92. The van der Waals surface area contributed by atoms with Gasteiger partial charge >= 0.3 is 24.3 Å². The van der Waals surface area contributed by atoms with Crippen molar-refractivity contribution in [2.24, 2.45) is 0 Å². The first kappa shape index (κ1) is 31.9. The molecule has 12 heteroatoms. The third-order valence-corrected chi connectivity index (χ3v) is 6.13. The third-order valence-electron chi connectivity index (χ3n) is 6.13. The molecule has 4 aromatic carbocycles. The molecule has 0 spiro atoms. The van der Waals surface area contributed by atoms with Gasteiger partial charge < -0.3 is 18.9 Å². The first-order chi connectivity index (χ1) is 20.9. The van der Waals surface area contributed by atoms with Crippen LogP contribution in [0, 0.1) is 0 Å². The summed E-state index contributed by atoms with van der Waals surface area (Å²) < 4.78 is 100. The maximum atomic E-state index is 12.9. The number of carbonyl (C=O) groups is 2. The van der Waals surface area contributed by atoms with Gasteiger partial charge in [0, 0.05) is 0 Å². The van der Waals surface area contributed by atoms with Crippen LogP contribution in [0.3, 0.4) is 0 Å². The third kappa shape index (κ3) is 7.13. The minimum atomic E-state index is -4.59. The zero-order valence-electron chi connectivity index (χ0n) is 23.2. The monoisotopic (exact) mass is 618 g/mol. The van der Waals surface area contributed by atoms with E-state index in [-0.39, 0.29) is 58.5 Å². The van der Waals surface area contributed by atoms with Gasteiger partial charge in [-0.05, 0) is 72.8 Å². The summed E-state index contributed by atoms with van der Waals surface area (Å²) in [6.45, 7) is 4.19. The molecule has 1 aliphatic rings. The molecule has 0 fully saturated rings. The zero-order valence-corrected chi connectivity index (χ0v) is 23.2. The molecule has 4 aromatic rings. The lowest BCUT2D eigenvalue weighted by molar-refractivity contribution is -0.138. The van der Waals surface area contributed by atoms with Gasteiger partial charge in [-0.25, -0.2) is 9.59 Å². The minimum absolute atomic E-state index is 0.0813. The maximum Gasteiger partial charge on any atom is 0.416 e. The number of hydrogen-bond donors (Lipinski definition) is 0. The highest BCUT2D eigenvalue weighted by Crippen LogP contribution is 2.49. The molecule has 0 saturated heterocycles. The van der Waals surface area contributed by atoms with Crippen LogP contribution in [0.2, 0.25) is 0 Å². The van der Waals surface area contributed by atoms with E-state index in [1.807, 2.05) is 13.8 Å². The molecule has 230 valence electrons. The van der Waals surface area contributed by atoms with Crippen LogP contribution in [0.25, 0.3) is 11.1 Å². The first-order valence-corrected chi connectivity index (χ1v) is 13.2. The molecular formula is C32H24F6O6. The highest BCUT2D eigenvalue weighted by atomic mass is 19.4. The Kier molecular flexibility index (Phi) is 9.51. The van der Waals surface area contributed by atoms with Gasteiger partial charge in [0.25, 0.3) is 0 Å². The van der Waals surface area contributed by atoms with E-state index in [0.717, 1.165) is 48.5 Å². The summed E-state index contributed by atoms with van der Waals surface area (Å²) in [7, 11) is 0. The van der Waals surface area contributed by atoms with Crippen LogP contribution in [-0.4, -0.2) is 25.2 Å². The van der Waals surface area contributed by atoms with Crippen LogP contribution in [0.1, 0.15) is 45.7 Å². The predicted molar refractivity (Wildman–Crippen MR) is 147 cm³/mol. The molecule has 0 N–H and O–H groups in total. The SMILES string of the molecule is CC.O=C(Oc1cccc2c1-c1c(cccc1OC(=O)c1ccc(C(F)(F)F)cc1)OCCO2)c1ccc(C(F)(F)F)cc1. The number of ether oxygens (including phenoxy) is 4. The fourth-order valence-electron chi connectivity index (χ4n) is 4.14. The highest BCUT2D eigenvalue weighted by molar-refractivity contribution is 5.96. The van der Waals surface area contributed by atoms with Gasteiger partial charge in [-0.3, -0.25) is 0 Å². The summed E-state index contributed by atoms with van der Waals surface area (Å²) in [6.07, 6.45) is -9.18.